The molecule has 0 aliphatic carbocycles. The number of carboxylic acid groups (broad SMARTS) is 1. The van der Waals surface area contributed by atoms with Crippen molar-refractivity contribution in [3.63, 3.8) is 0 Å². The Labute approximate surface area is 148 Å². The summed E-state index contributed by atoms with van der Waals surface area (Å²) >= 11 is 0.921. The highest BCUT2D eigenvalue weighted by molar-refractivity contribution is 7.92. The Hall–Kier alpha value is -2.71. The Morgan fingerprint density at radius 3 is 2.32 bits per heavy atom. The van der Waals surface area contributed by atoms with Crippen molar-refractivity contribution in [3.05, 3.63) is 65.0 Å². The Balaban J connectivity index is 2.00. The van der Waals surface area contributed by atoms with Gasteiger partial charge in [0.25, 0.3) is 10.0 Å². The summed E-state index contributed by atoms with van der Waals surface area (Å²) < 4.78 is 27.3. The second kappa shape index (κ2) is 6.66. The molecule has 0 fully saturated rings. The lowest BCUT2D eigenvalue weighted by atomic mass is 10.2. The maximum Gasteiger partial charge on any atom is 0.349 e. The number of anilines is 1. The first-order valence-corrected chi connectivity index (χ1v) is 9.56. The predicted octanol–water partition coefficient (Wildman–Crippen LogP) is 3.62. The zero-order valence-electron chi connectivity index (χ0n) is 13.1. The van der Waals surface area contributed by atoms with Gasteiger partial charge in [-0.25, -0.2) is 18.2 Å². The van der Waals surface area contributed by atoms with Gasteiger partial charge in [-0.2, -0.15) is 0 Å². The molecule has 0 aliphatic rings. The summed E-state index contributed by atoms with van der Waals surface area (Å²) in [5, 5.41) is 9.80. The number of nitrogens with one attached hydrogen (secondary N) is 1. The molecule has 0 radical (unpaired) electrons. The van der Waals surface area contributed by atoms with Crippen molar-refractivity contribution >= 4 is 33.1 Å². The van der Waals surface area contributed by atoms with Crippen LogP contribution in [0.3, 0.4) is 0 Å². The van der Waals surface area contributed by atoms with Crippen LogP contribution in [0.15, 0.2) is 59.5 Å². The van der Waals surface area contributed by atoms with Gasteiger partial charge in [0.2, 0.25) is 0 Å². The SMILES string of the molecule is Cc1ccc(S(=O)(=O)Nc2nc(-c3ccccc3)sc2C(=O)O)cc1. The maximum absolute atomic E-state index is 12.5. The highest BCUT2D eigenvalue weighted by Crippen LogP contribution is 2.32. The number of hydrogen-bond acceptors (Lipinski definition) is 5. The van der Waals surface area contributed by atoms with Gasteiger partial charge in [-0.15, -0.1) is 11.3 Å². The van der Waals surface area contributed by atoms with E-state index in [4.69, 9.17) is 0 Å². The van der Waals surface area contributed by atoms with Gasteiger partial charge in [-0.05, 0) is 19.1 Å². The quantitative estimate of drug-likeness (QED) is 0.711. The van der Waals surface area contributed by atoms with Gasteiger partial charge < -0.3 is 5.11 Å². The first kappa shape index (κ1) is 17.1. The lowest BCUT2D eigenvalue weighted by molar-refractivity contribution is 0.0703. The highest BCUT2D eigenvalue weighted by Gasteiger charge is 2.23. The lowest BCUT2D eigenvalue weighted by Gasteiger charge is -2.06. The van der Waals surface area contributed by atoms with Crippen LogP contribution in [0.4, 0.5) is 5.82 Å². The van der Waals surface area contributed by atoms with E-state index < -0.39 is 16.0 Å². The lowest BCUT2D eigenvalue weighted by Crippen LogP contribution is -2.15. The van der Waals surface area contributed by atoms with Gasteiger partial charge >= 0.3 is 5.97 Å². The van der Waals surface area contributed by atoms with Crippen LogP contribution in [0.5, 0.6) is 0 Å². The maximum atomic E-state index is 12.5. The van der Waals surface area contributed by atoms with E-state index in [1.165, 1.54) is 12.1 Å². The largest absolute Gasteiger partial charge is 0.477 e. The summed E-state index contributed by atoms with van der Waals surface area (Å²) in [7, 11) is -3.92. The molecule has 1 aromatic heterocycles. The Morgan fingerprint density at radius 2 is 1.72 bits per heavy atom. The third-order valence-corrected chi connectivity index (χ3v) is 5.85. The number of sulfonamides is 1. The summed E-state index contributed by atoms with van der Waals surface area (Å²) in [5.74, 6) is -1.42. The molecule has 0 spiro atoms. The smallest absolute Gasteiger partial charge is 0.349 e. The molecule has 1 heterocycles. The van der Waals surface area contributed by atoms with Crippen LogP contribution >= 0.6 is 11.3 Å². The minimum Gasteiger partial charge on any atom is -0.477 e. The topological polar surface area (TPSA) is 96.4 Å². The first-order valence-electron chi connectivity index (χ1n) is 7.26. The van der Waals surface area contributed by atoms with Gasteiger partial charge in [0.15, 0.2) is 10.7 Å². The van der Waals surface area contributed by atoms with E-state index >= 15 is 0 Å². The molecule has 2 aromatic carbocycles. The molecule has 0 amide bonds. The average Bonchev–Trinajstić information content (AvgIpc) is 2.99. The molecule has 0 unspecified atom stereocenters. The summed E-state index contributed by atoms with van der Waals surface area (Å²) in [6.45, 7) is 1.85. The van der Waals surface area contributed by atoms with Crippen molar-refractivity contribution in [2.45, 2.75) is 11.8 Å². The third-order valence-electron chi connectivity index (χ3n) is 3.40. The number of carboxylic acids is 1. The van der Waals surface area contributed by atoms with E-state index in [9.17, 15) is 18.3 Å². The van der Waals surface area contributed by atoms with Gasteiger partial charge in [-0.1, -0.05) is 48.0 Å². The molecule has 0 atom stereocenters. The van der Waals surface area contributed by atoms with Gasteiger partial charge in [-0.3, -0.25) is 4.72 Å². The molecule has 0 bridgehead atoms. The number of nitrogens with zero attached hydrogens (tertiary/aromatic N) is 1. The Bertz CT molecular complexity index is 1010. The second-order valence-corrected chi connectivity index (χ2v) is 7.97. The van der Waals surface area contributed by atoms with Crippen molar-refractivity contribution in [1.82, 2.24) is 4.98 Å². The Kier molecular flexibility index (Phi) is 4.56. The number of rotatable bonds is 5. The summed E-state index contributed by atoms with van der Waals surface area (Å²) in [6.07, 6.45) is 0. The van der Waals surface area contributed by atoms with Crippen LogP contribution in [0, 0.1) is 6.92 Å². The fourth-order valence-corrected chi connectivity index (χ4v) is 4.09. The van der Waals surface area contributed by atoms with Gasteiger partial charge in [0, 0.05) is 5.56 Å². The van der Waals surface area contributed by atoms with E-state index in [1.54, 1.807) is 36.4 Å². The molecular weight excluding hydrogens is 360 g/mol. The molecular formula is C17H14N2O4S2. The average molecular weight is 374 g/mol. The molecule has 3 rings (SSSR count). The highest BCUT2D eigenvalue weighted by atomic mass is 32.2. The van der Waals surface area contributed by atoms with E-state index in [0.29, 0.717) is 5.01 Å². The minimum atomic E-state index is -3.92. The second-order valence-electron chi connectivity index (χ2n) is 5.29. The number of thiazole rings is 1. The van der Waals surface area contributed by atoms with E-state index in [1.807, 2.05) is 13.0 Å². The number of aromatic carboxylic acids is 1. The fraction of sp³-hybridized carbons (Fsp3) is 0.0588. The van der Waals surface area contributed by atoms with E-state index in [-0.39, 0.29) is 15.6 Å². The first-order chi connectivity index (χ1) is 11.9. The normalized spacial score (nSPS) is 11.2. The van der Waals surface area contributed by atoms with Crippen molar-refractivity contribution in [1.29, 1.82) is 0 Å². The summed E-state index contributed by atoms with van der Waals surface area (Å²) in [5.41, 5.74) is 1.64. The van der Waals surface area contributed by atoms with Crippen LogP contribution in [0.2, 0.25) is 0 Å². The van der Waals surface area contributed by atoms with Crippen LogP contribution in [-0.4, -0.2) is 24.5 Å². The molecule has 3 aromatic rings. The molecule has 25 heavy (non-hydrogen) atoms. The minimum absolute atomic E-state index is 0.0451. The molecule has 6 nitrogen and oxygen atoms in total. The fourth-order valence-electron chi connectivity index (χ4n) is 2.14. The molecule has 8 heteroatoms. The number of aryl methyl sites for hydroxylation is 1. The van der Waals surface area contributed by atoms with Gasteiger partial charge in [0.05, 0.1) is 4.90 Å². The molecule has 0 saturated heterocycles. The van der Waals surface area contributed by atoms with Gasteiger partial charge in [0.1, 0.15) is 5.01 Å². The number of aromatic nitrogens is 1. The van der Waals surface area contributed by atoms with Crippen LogP contribution in [0.1, 0.15) is 15.2 Å². The standard InChI is InChI=1S/C17H14N2O4S2/c1-11-7-9-13(10-8-11)25(22,23)19-15-14(17(20)21)24-16(18-15)12-5-3-2-4-6-12/h2-10,19H,1H3,(H,20,21). The zero-order valence-corrected chi connectivity index (χ0v) is 14.8. The van der Waals surface area contributed by atoms with Crippen LogP contribution in [-0.2, 0) is 10.0 Å². The van der Waals surface area contributed by atoms with Crippen molar-refractivity contribution in [2.75, 3.05) is 4.72 Å². The van der Waals surface area contributed by atoms with Crippen molar-refractivity contribution in [3.8, 4) is 10.6 Å². The molecule has 0 saturated carbocycles. The third kappa shape index (κ3) is 3.70. The van der Waals surface area contributed by atoms with Crippen molar-refractivity contribution < 1.29 is 18.3 Å². The van der Waals surface area contributed by atoms with E-state index in [2.05, 4.69) is 9.71 Å². The van der Waals surface area contributed by atoms with Crippen molar-refractivity contribution in [2.24, 2.45) is 0 Å². The number of hydrogen-bond donors (Lipinski definition) is 2. The Morgan fingerprint density at radius 1 is 1.08 bits per heavy atom. The predicted molar refractivity (Wildman–Crippen MR) is 96.5 cm³/mol. The van der Waals surface area contributed by atoms with E-state index in [0.717, 1.165) is 22.5 Å². The number of carbonyl (C=O) groups is 1. The van der Waals surface area contributed by atoms with Crippen LogP contribution in [0.25, 0.3) is 10.6 Å². The number of benzene rings is 2. The van der Waals surface area contributed by atoms with Crippen LogP contribution < -0.4 is 4.72 Å². The zero-order chi connectivity index (χ0) is 18.0. The summed E-state index contributed by atoms with van der Waals surface area (Å²) in [6, 6.07) is 15.2. The monoisotopic (exact) mass is 374 g/mol. The molecule has 0 aliphatic heterocycles. The molecule has 128 valence electrons. The molecule has 2 N–H and O–H groups in total. The summed E-state index contributed by atoms with van der Waals surface area (Å²) in [4.78, 5) is 15.5.